The number of benzene rings is 2. The Morgan fingerprint density at radius 2 is 1.59 bits per heavy atom. The summed E-state index contributed by atoms with van der Waals surface area (Å²) in [6.45, 7) is 4.33. The molecule has 0 radical (unpaired) electrons. The zero-order valence-corrected chi connectivity index (χ0v) is 17.2. The van der Waals surface area contributed by atoms with E-state index < -0.39 is 0 Å². The highest BCUT2D eigenvalue weighted by Gasteiger charge is 2.04. The van der Waals surface area contributed by atoms with E-state index in [2.05, 4.69) is 20.6 Å². The summed E-state index contributed by atoms with van der Waals surface area (Å²) in [7, 11) is 0. The largest absolute Gasteiger partial charge is 0.494 e. The zero-order valence-electron chi connectivity index (χ0n) is 16.4. The van der Waals surface area contributed by atoms with Crippen LogP contribution >= 0.6 is 11.6 Å². The number of hydrogen-bond donors (Lipinski definition) is 2. The molecule has 2 aromatic carbocycles. The topological polar surface area (TPSA) is 76.1 Å². The maximum atomic E-state index is 12.1. The highest BCUT2D eigenvalue weighted by Crippen LogP contribution is 2.18. The molecule has 0 aliphatic rings. The molecule has 0 aliphatic heterocycles. The highest BCUT2D eigenvalue weighted by molar-refractivity contribution is 6.30. The van der Waals surface area contributed by atoms with Gasteiger partial charge in [0, 0.05) is 34.2 Å². The predicted molar refractivity (Wildman–Crippen MR) is 116 cm³/mol. The molecule has 0 unspecified atom stereocenters. The number of nitrogens with one attached hydrogen (secondary N) is 2. The maximum absolute atomic E-state index is 12.1. The summed E-state index contributed by atoms with van der Waals surface area (Å²) in [6.07, 6.45) is 1.00. The first-order chi connectivity index (χ1) is 14.0. The Bertz CT molecular complexity index is 939. The van der Waals surface area contributed by atoms with Gasteiger partial charge in [0.05, 0.1) is 6.61 Å². The molecule has 0 saturated heterocycles. The second kappa shape index (κ2) is 9.89. The highest BCUT2D eigenvalue weighted by atomic mass is 35.5. The molecule has 1 amide bonds. The van der Waals surface area contributed by atoms with Gasteiger partial charge in [0.25, 0.3) is 0 Å². The number of rotatable bonds is 8. The molecule has 0 fully saturated rings. The van der Waals surface area contributed by atoms with E-state index in [-0.39, 0.29) is 5.91 Å². The number of ether oxygens (including phenoxy) is 1. The summed E-state index contributed by atoms with van der Waals surface area (Å²) in [4.78, 5) is 20.8. The monoisotopic (exact) mass is 410 g/mol. The molecule has 0 spiro atoms. The third-order valence-electron chi connectivity index (χ3n) is 4.04. The van der Waals surface area contributed by atoms with Crippen molar-refractivity contribution < 1.29 is 9.53 Å². The number of carbonyl (C=O) groups is 1. The van der Waals surface area contributed by atoms with Gasteiger partial charge in [0.15, 0.2) is 0 Å². The molecule has 150 valence electrons. The van der Waals surface area contributed by atoms with Gasteiger partial charge in [-0.1, -0.05) is 11.6 Å². The smallest absolute Gasteiger partial charge is 0.227 e. The molecule has 6 nitrogen and oxygen atoms in total. The number of hydrogen-bond acceptors (Lipinski definition) is 5. The van der Waals surface area contributed by atoms with Crippen molar-refractivity contribution in [2.45, 2.75) is 26.7 Å². The van der Waals surface area contributed by atoms with Crippen LogP contribution in [-0.4, -0.2) is 22.5 Å². The van der Waals surface area contributed by atoms with Crippen LogP contribution in [0.5, 0.6) is 5.75 Å². The van der Waals surface area contributed by atoms with E-state index in [0.29, 0.717) is 30.4 Å². The number of nitrogens with zero attached hydrogens (tertiary/aromatic N) is 2. The van der Waals surface area contributed by atoms with Crippen LogP contribution in [0.15, 0.2) is 54.6 Å². The van der Waals surface area contributed by atoms with Crippen molar-refractivity contribution in [1.82, 2.24) is 9.97 Å². The first kappa shape index (κ1) is 20.6. The average Bonchev–Trinajstić information content (AvgIpc) is 2.67. The molecular weight excluding hydrogens is 388 g/mol. The summed E-state index contributed by atoms with van der Waals surface area (Å²) in [6, 6.07) is 16.5. The fraction of sp³-hybridized carbons (Fsp3) is 0.227. The summed E-state index contributed by atoms with van der Waals surface area (Å²) >= 11 is 5.84. The Kier molecular flexibility index (Phi) is 7.03. The first-order valence-electron chi connectivity index (χ1n) is 9.35. The van der Waals surface area contributed by atoms with Crippen molar-refractivity contribution in [2.75, 3.05) is 17.2 Å². The third-order valence-corrected chi connectivity index (χ3v) is 4.29. The molecule has 3 aromatic rings. The second-order valence-electron chi connectivity index (χ2n) is 6.63. The van der Waals surface area contributed by atoms with Gasteiger partial charge in [0.1, 0.15) is 5.75 Å². The van der Waals surface area contributed by atoms with Gasteiger partial charge in [-0.15, -0.1) is 0 Å². The number of aryl methyl sites for hydroxylation is 2. The molecule has 2 N–H and O–H groups in total. The van der Waals surface area contributed by atoms with Gasteiger partial charge in [-0.05, 0) is 74.9 Å². The van der Waals surface area contributed by atoms with Gasteiger partial charge >= 0.3 is 0 Å². The molecule has 3 rings (SSSR count). The van der Waals surface area contributed by atoms with Gasteiger partial charge in [-0.3, -0.25) is 4.79 Å². The van der Waals surface area contributed by atoms with E-state index in [1.165, 1.54) is 0 Å². The van der Waals surface area contributed by atoms with Crippen LogP contribution in [-0.2, 0) is 4.79 Å². The van der Waals surface area contributed by atoms with Crippen molar-refractivity contribution in [3.05, 3.63) is 71.0 Å². The van der Waals surface area contributed by atoms with E-state index >= 15 is 0 Å². The molecule has 29 heavy (non-hydrogen) atoms. The molecule has 0 aliphatic carbocycles. The number of halogens is 1. The van der Waals surface area contributed by atoms with Gasteiger partial charge in [-0.2, -0.15) is 0 Å². The van der Waals surface area contributed by atoms with Gasteiger partial charge in [0.2, 0.25) is 11.9 Å². The van der Waals surface area contributed by atoms with E-state index in [0.717, 1.165) is 28.5 Å². The predicted octanol–water partition coefficient (Wildman–Crippen LogP) is 5.29. The minimum absolute atomic E-state index is 0.0527. The normalized spacial score (nSPS) is 10.4. The summed E-state index contributed by atoms with van der Waals surface area (Å²) in [5.74, 6) is 1.24. The average molecular weight is 411 g/mol. The van der Waals surface area contributed by atoms with Gasteiger partial charge < -0.3 is 15.4 Å². The molecule has 1 heterocycles. The minimum Gasteiger partial charge on any atom is -0.494 e. The van der Waals surface area contributed by atoms with Crippen LogP contribution in [0, 0.1) is 13.8 Å². The summed E-state index contributed by atoms with van der Waals surface area (Å²) in [5, 5.41) is 6.72. The van der Waals surface area contributed by atoms with E-state index in [9.17, 15) is 4.79 Å². The molecule has 7 heteroatoms. The number of aromatic nitrogens is 2. The van der Waals surface area contributed by atoms with Crippen LogP contribution in [0.1, 0.15) is 24.2 Å². The first-order valence-corrected chi connectivity index (χ1v) is 9.73. The number of anilines is 3. The minimum atomic E-state index is -0.0527. The Hall–Kier alpha value is -3.12. The van der Waals surface area contributed by atoms with E-state index in [1.54, 1.807) is 24.3 Å². The van der Waals surface area contributed by atoms with Crippen LogP contribution < -0.4 is 15.4 Å². The van der Waals surface area contributed by atoms with Crippen molar-refractivity contribution in [3.8, 4) is 5.75 Å². The lowest BCUT2D eigenvalue weighted by Gasteiger charge is -2.09. The fourth-order valence-electron chi connectivity index (χ4n) is 2.72. The molecule has 0 bridgehead atoms. The van der Waals surface area contributed by atoms with Crippen molar-refractivity contribution in [1.29, 1.82) is 0 Å². The van der Waals surface area contributed by atoms with Crippen molar-refractivity contribution >= 4 is 34.8 Å². The lowest BCUT2D eigenvalue weighted by atomic mass is 10.2. The van der Waals surface area contributed by atoms with Crippen LogP contribution in [0.25, 0.3) is 0 Å². The quantitative estimate of drug-likeness (QED) is 0.493. The van der Waals surface area contributed by atoms with E-state index in [4.69, 9.17) is 16.3 Å². The van der Waals surface area contributed by atoms with Crippen LogP contribution in [0.3, 0.4) is 0 Å². The number of amides is 1. The second-order valence-corrected chi connectivity index (χ2v) is 7.07. The van der Waals surface area contributed by atoms with Crippen LogP contribution in [0.4, 0.5) is 17.3 Å². The zero-order chi connectivity index (χ0) is 20.6. The number of carbonyl (C=O) groups excluding carboxylic acids is 1. The molecular formula is C22H23ClN4O2. The molecule has 0 saturated carbocycles. The van der Waals surface area contributed by atoms with E-state index in [1.807, 2.05) is 44.2 Å². The Morgan fingerprint density at radius 1 is 0.966 bits per heavy atom. The van der Waals surface area contributed by atoms with Crippen LogP contribution in [0.2, 0.25) is 5.02 Å². The Labute approximate surface area is 175 Å². The fourth-order valence-corrected chi connectivity index (χ4v) is 2.85. The van der Waals surface area contributed by atoms with Crippen molar-refractivity contribution in [2.24, 2.45) is 0 Å². The summed E-state index contributed by atoms with van der Waals surface area (Å²) in [5.41, 5.74) is 3.40. The Balaban J connectivity index is 1.42. The Morgan fingerprint density at radius 3 is 2.24 bits per heavy atom. The molecule has 0 atom stereocenters. The lowest BCUT2D eigenvalue weighted by molar-refractivity contribution is -0.116. The van der Waals surface area contributed by atoms with Crippen molar-refractivity contribution in [3.63, 3.8) is 0 Å². The standard InChI is InChI=1S/C22H23ClN4O2/c1-15-14-16(2)25-22(24-15)27-19-9-7-18(8-10-19)26-21(28)4-3-13-29-20-11-5-17(23)6-12-20/h5-12,14H,3-4,13H2,1-2H3,(H,26,28)(H,24,25,27). The maximum Gasteiger partial charge on any atom is 0.227 e. The molecule has 1 aromatic heterocycles. The summed E-state index contributed by atoms with van der Waals surface area (Å²) < 4.78 is 5.59. The SMILES string of the molecule is Cc1cc(C)nc(Nc2ccc(NC(=O)CCCOc3ccc(Cl)cc3)cc2)n1. The third kappa shape index (κ3) is 6.76. The van der Waals surface area contributed by atoms with Gasteiger partial charge in [-0.25, -0.2) is 9.97 Å². The lowest BCUT2D eigenvalue weighted by Crippen LogP contribution is -2.12.